The second kappa shape index (κ2) is 6.55. The summed E-state index contributed by atoms with van der Waals surface area (Å²) in [6, 6.07) is 6.77. The van der Waals surface area contributed by atoms with E-state index in [0.29, 0.717) is 16.5 Å². The molecule has 0 saturated heterocycles. The molecule has 1 saturated carbocycles. The van der Waals surface area contributed by atoms with Crippen LogP contribution >= 0.6 is 11.6 Å². The van der Waals surface area contributed by atoms with E-state index >= 15 is 0 Å². The Hall–Kier alpha value is -1.35. The molecule has 0 heterocycles. The van der Waals surface area contributed by atoms with E-state index in [-0.39, 0.29) is 5.91 Å². The average Bonchev–Trinajstić information content (AvgIpc) is 2.40. The molecule has 0 radical (unpaired) electrons. The fourth-order valence-electron chi connectivity index (χ4n) is 2.15. The average molecular weight is 265 g/mol. The first-order valence-electron chi connectivity index (χ1n) is 6.35. The predicted molar refractivity (Wildman–Crippen MR) is 74.0 cm³/mol. The van der Waals surface area contributed by atoms with Crippen LogP contribution in [0.1, 0.15) is 42.5 Å². The number of carbonyl (C=O) groups excluding carboxylic acids is 1. The highest BCUT2D eigenvalue weighted by Gasteiger charge is 2.11. The van der Waals surface area contributed by atoms with Crippen LogP contribution in [-0.2, 0) is 0 Å². The lowest BCUT2D eigenvalue weighted by molar-refractivity contribution is 0.0955. The molecule has 1 amide bonds. The van der Waals surface area contributed by atoms with E-state index in [0.717, 1.165) is 0 Å². The number of benzene rings is 1. The highest BCUT2D eigenvalue weighted by atomic mass is 35.5. The van der Waals surface area contributed by atoms with Crippen LogP contribution in [-0.4, -0.2) is 12.1 Å². The van der Waals surface area contributed by atoms with Crippen molar-refractivity contribution < 1.29 is 4.79 Å². The summed E-state index contributed by atoms with van der Waals surface area (Å²) in [5.41, 5.74) is 3.12. The Morgan fingerprint density at radius 1 is 1.22 bits per heavy atom. The van der Waals surface area contributed by atoms with Crippen LogP contribution in [0.5, 0.6) is 0 Å². The van der Waals surface area contributed by atoms with E-state index in [4.69, 9.17) is 11.6 Å². The third kappa shape index (κ3) is 3.84. The molecule has 1 aromatic rings. The van der Waals surface area contributed by atoms with Crippen LogP contribution in [0.2, 0.25) is 5.02 Å². The summed E-state index contributed by atoms with van der Waals surface area (Å²) in [4.78, 5) is 11.7. The third-order valence-electron chi connectivity index (χ3n) is 3.21. The molecule has 1 N–H and O–H groups in total. The molecule has 0 unspecified atom stereocenters. The molecule has 0 aliphatic heterocycles. The maximum absolute atomic E-state index is 11.7. The van der Waals surface area contributed by atoms with Crippen LogP contribution in [0.25, 0.3) is 0 Å². The van der Waals surface area contributed by atoms with Gasteiger partial charge in [0.25, 0.3) is 5.91 Å². The Kier molecular flexibility index (Phi) is 4.76. The van der Waals surface area contributed by atoms with E-state index in [2.05, 4.69) is 10.5 Å². The second-order valence-electron chi connectivity index (χ2n) is 4.62. The van der Waals surface area contributed by atoms with Gasteiger partial charge in [-0.15, -0.1) is 0 Å². The zero-order valence-electron chi connectivity index (χ0n) is 10.2. The molecule has 1 aromatic carbocycles. The van der Waals surface area contributed by atoms with Crippen LogP contribution in [0, 0.1) is 5.92 Å². The van der Waals surface area contributed by atoms with Crippen molar-refractivity contribution in [3.05, 3.63) is 34.9 Å². The van der Waals surface area contributed by atoms with Gasteiger partial charge in [-0.05, 0) is 43.0 Å². The number of hydrogen-bond donors (Lipinski definition) is 1. The van der Waals surface area contributed by atoms with Gasteiger partial charge in [0.05, 0.1) is 0 Å². The van der Waals surface area contributed by atoms with Crippen LogP contribution in [0.15, 0.2) is 29.4 Å². The summed E-state index contributed by atoms with van der Waals surface area (Å²) in [6.45, 7) is 0. The van der Waals surface area contributed by atoms with E-state index < -0.39 is 0 Å². The van der Waals surface area contributed by atoms with E-state index in [1.165, 1.54) is 32.1 Å². The number of hydrazone groups is 1. The maximum Gasteiger partial charge on any atom is 0.271 e. The molecule has 1 fully saturated rings. The first-order chi connectivity index (χ1) is 8.75. The van der Waals surface area contributed by atoms with Crippen LogP contribution in [0.3, 0.4) is 0 Å². The van der Waals surface area contributed by atoms with Gasteiger partial charge in [-0.2, -0.15) is 5.10 Å². The van der Waals surface area contributed by atoms with Gasteiger partial charge in [-0.25, -0.2) is 5.43 Å². The Morgan fingerprint density at radius 2 is 1.89 bits per heavy atom. The standard InChI is InChI=1S/C14H17ClN2O/c15-13-8-6-12(7-9-13)14(18)17-16-10-11-4-2-1-3-5-11/h6-11H,1-5H2,(H,17,18). The monoisotopic (exact) mass is 264 g/mol. The molecular weight excluding hydrogens is 248 g/mol. The lowest BCUT2D eigenvalue weighted by atomic mass is 9.90. The molecule has 2 rings (SSSR count). The van der Waals surface area contributed by atoms with Gasteiger partial charge in [0.15, 0.2) is 0 Å². The molecule has 96 valence electrons. The topological polar surface area (TPSA) is 41.5 Å². The quantitative estimate of drug-likeness (QED) is 0.657. The number of nitrogens with one attached hydrogen (secondary N) is 1. The minimum Gasteiger partial charge on any atom is -0.267 e. The van der Waals surface area contributed by atoms with Gasteiger partial charge < -0.3 is 0 Å². The van der Waals surface area contributed by atoms with Crippen molar-refractivity contribution in [2.24, 2.45) is 11.0 Å². The molecule has 0 spiro atoms. The van der Waals surface area contributed by atoms with Gasteiger partial charge in [0.2, 0.25) is 0 Å². The normalized spacial score (nSPS) is 16.9. The van der Waals surface area contributed by atoms with Gasteiger partial charge >= 0.3 is 0 Å². The first-order valence-corrected chi connectivity index (χ1v) is 6.72. The summed E-state index contributed by atoms with van der Waals surface area (Å²) < 4.78 is 0. The second-order valence-corrected chi connectivity index (χ2v) is 5.06. The molecule has 1 aliphatic rings. The molecule has 0 bridgehead atoms. The van der Waals surface area contributed by atoms with Gasteiger partial charge in [0, 0.05) is 16.8 Å². The summed E-state index contributed by atoms with van der Waals surface area (Å²) in [7, 11) is 0. The maximum atomic E-state index is 11.7. The van der Waals surface area contributed by atoms with Crippen LogP contribution < -0.4 is 5.43 Å². The first kappa shape index (κ1) is 13.1. The minimum atomic E-state index is -0.196. The van der Waals surface area contributed by atoms with Crippen molar-refractivity contribution in [3.8, 4) is 0 Å². The highest BCUT2D eigenvalue weighted by molar-refractivity contribution is 6.30. The number of amides is 1. The fourth-order valence-corrected chi connectivity index (χ4v) is 2.28. The summed E-state index contributed by atoms with van der Waals surface area (Å²) in [5, 5.41) is 4.66. The molecule has 0 atom stereocenters. The van der Waals surface area contributed by atoms with Crippen LogP contribution in [0.4, 0.5) is 0 Å². The number of carbonyl (C=O) groups is 1. The van der Waals surface area contributed by atoms with Gasteiger partial charge in [0.1, 0.15) is 0 Å². The van der Waals surface area contributed by atoms with E-state index in [1.54, 1.807) is 24.3 Å². The van der Waals surface area contributed by atoms with E-state index in [9.17, 15) is 4.79 Å². The minimum absolute atomic E-state index is 0.196. The summed E-state index contributed by atoms with van der Waals surface area (Å²) >= 11 is 5.76. The fraction of sp³-hybridized carbons (Fsp3) is 0.429. The van der Waals surface area contributed by atoms with Crippen molar-refractivity contribution >= 4 is 23.7 Å². The molecule has 3 nitrogen and oxygen atoms in total. The Morgan fingerprint density at radius 3 is 2.56 bits per heavy atom. The Labute approximate surface area is 112 Å². The van der Waals surface area contributed by atoms with Crippen molar-refractivity contribution in [2.45, 2.75) is 32.1 Å². The van der Waals surface area contributed by atoms with Crippen molar-refractivity contribution in [1.29, 1.82) is 0 Å². The number of hydrogen-bond acceptors (Lipinski definition) is 2. The molecule has 4 heteroatoms. The number of rotatable bonds is 3. The lowest BCUT2D eigenvalue weighted by Crippen LogP contribution is -2.19. The Balaban J connectivity index is 1.83. The van der Waals surface area contributed by atoms with E-state index in [1.807, 2.05) is 6.21 Å². The SMILES string of the molecule is O=C(NN=CC1CCCCC1)c1ccc(Cl)cc1. The van der Waals surface area contributed by atoms with Crippen molar-refractivity contribution in [2.75, 3.05) is 0 Å². The molecule has 18 heavy (non-hydrogen) atoms. The number of halogens is 1. The summed E-state index contributed by atoms with van der Waals surface area (Å²) in [5.74, 6) is 0.322. The Bertz CT molecular complexity index is 422. The van der Waals surface area contributed by atoms with Crippen molar-refractivity contribution in [1.82, 2.24) is 5.43 Å². The lowest BCUT2D eigenvalue weighted by Gasteiger charge is -2.16. The summed E-state index contributed by atoms with van der Waals surface area (Å²) in [6.07, 6.45) is 8.08. The molecule has 0 aromatic heterocycles. The van der Waals surface area contributed by atoms with Gasteiger partial charge in [-0.1, -0.05) is 30.9 Å². The molecular formula is C14H17ClN2O. The smallest absolute Gasteiger partial charge is 0.267 e. The zero-order valence-corrected chi connectivity index (χ0v) is 11.0. The predicted octanol–water partition coefficient (Wildman–Crippen LogP) is 3.64. The molecule has 1 aliphatic carbocycles. The number of nitrogens with zero attached hydrogens (tertiary/aromatic N) is 1. The third-order valence-corrected chi connectivity index (χ3v) is 3.46. The highest BCUT2D eigenvalue weighted by Crippen LogP contribution is 2.21. The van der Waals surface area contributed by atoms with Crippen molar-refractivity contribution in [3.63, 3.8) is 0 Å². The largest absolute Gasteiger partial charge is 0.271 e. The van der Waals surface area contributed by atoms with Gasteiger partial charge in [-0.3, -0.25) is 4.79 Å². The zero-order chi connectivity index (χ0) is 12.8.